The summed E-state index contributed by atoms with van der Waals surface area (Å²) in [5.41, 5.74) is -1.99. The lowest BCUT2D eigenvalue weighted by atomic mass is 10.0. The number of hydrogen-bond acceptors (Lipinski definition) is 3. The molecular formula is C21H13F6NO2. The molecule has 0 N–H and O–H groups in total. The third-order valence-electron chi connectivity index (χ3n) is 4.25. The smallest absolute Gasteiger partial charge is 0.416 e. The summed E-state index contributed by atoms with van der Waals surface area (Å²) in [6.07, 6.45) is -9.20. The summed E-state index contributed by atoms with van der Waals surface area (Å²) < 4.78 is 83.0. The first-order valence-electron chi connectivity index (χ1n) is 8.45. The molecule has 3 rings (SSSR count). The van der Waals surface area contributed by atoms with Crippen LogP contribution in [0.4, 0.5) is 26.3 Å². The second-order valence-corrected chi connectivity index (χ2v) is 6.24. The highest BCUT2D eigenvalue weighted by atomic mass is 19.4. The van der Waals surface area contributed by atoms with Crippen LogP contribution in [0.5, 0.6) is 0 Å². The van der Waals surface area contributed by atoms with E-state index in [4.69, 9.17) is 0 Å². The molecule has 0 radical (unpaired) electrons. The van der Waals surface area contributed by atoms with Gasteiger partial charge in [0.25, 0.3) is 0 Å². The quantitative estimate of drug-likeness (QED) is 0.368. The number of aromatic nitrogens is 1. The second-order valence-electron chi connectivity index (χ2n) is 6.24. The van der Waals surface area contributed by atoms with Crippen LogP contribution in [0.15, 0.2) is 60.7 Å². The average Bonchev–Trinajstić information content (AvgIpc) is 2.71. The summed E-state index contributed by atoms with van der Waals surface area (Å²) >= 11 is 0. The molecule has 0 bridgehead atoms. The van der Waals surface area contributed by atoms with Gasteiger partial charge in [0.2, 0.25) is 0 Å². The fourth-order valence-electron chi connectivity index (χ4n) is 2.81. The summed E-state index contributed by atoms with van der Waals surface area (Å²) in [6, 6.07) is 11.0. The highest BCUT2D eigenvalue weighted by Gasteiger charge is 2.32. The fourth-order valence-corrected chi connectivity index (χ4v) is 2.81. The number of ether oxygens (including phenoxy) is 1. The summed E-state index contributed by atoms with van der Waals surface area (Å²) in [7, 11) is 1.10. The van der Waals surface area contributed by atoms with Crippen LogP contribution < -0.4 is 0 Å². The standard InChI is InChI=1S/C21H13F6NO2/c1-30-19(29)16-8-9-17(12-4-2-6-14(10-12)20(22,23)24)28-18(16)13-5-3-7-15(11-13)21(25,26)27/h2-11H,1H3. The van der Waals surface area contributed by atoms with Gasteiger partial charge in [0.1, 0.15) is 0 Å². The van der Waals surface area contributed by atoms with E-state index in [1.165, 1.54) is 30.3 Å². The number of pyridine rings is 1. The van der Waals surface area contributed by atoms with Gasteiger partial charge in [0, 0.05) is 11.1 Å². The Morgan fingerprint density at radius 1 is 0.800 bits per heavy atom. The van der Waals surface area contributed by atoms with Crippen LogP contribution >= 0.6 is 0 Å². The topological polar surface area (TPSA) is 39.2 Å². The second kappa shape index (κ2) is 7.81. The van der Waals surface area contributed by atoms with E-state index in [9.17, 15) is 31.1 Å². The Morgan fingerprint density at radius 3 is 1.87 bits per heavy atom. The molecule has 0 aliphatic carbocycles. The Morgan fingerprint density at radius 2 is 1.33 bits per heavy atom. The molecule has 0 aliphatic heterocycles. The van der Waals surface area contributed by atoms with Crippen LogP contribution in [0.1, 0.15) is 21.5 Å². The number of halogens is 6. The Kier molecular flexibility index (Phi) is 5.56. The number of methoxy groups -OCH3 is 1. The summed E-state index contributed by atoms with van der Waals surface area (Å²) in [5.74, 6) is -0.842. The van der Waals surface area contributed by atoms with Gasteiger partial charge in [-0.1, -0.05) is 24.3 Å². The maximum atomic E-state index is 13.1. The van der Waals surface area contributed by atoms with Crippen molar-refractivity contribution in [3.63, 3.8) is 0 Å². The zero-order valence-corrected chi connectivity index (χ0v) is 15.3. The average molecular weight is 425 g/mol. The van der Waals surface area contributed by atoms with Crippen LogP contribution in [-0.2, 0) is 17.1 Å². The Bertz CT molecular complexity index is 1090. The van der Waals surface area contributed by atoms with Crippen molar-refractivity contribution in [1.82, 2.24) is 4.98 Å². The molecule has 0 unspecified atom stereocenters. The van der Waals surface area contributed by atoms with Crippen LogP contribution in [0.3, 0.4) is 0 Å². The molecule has 3 aromatic rings. The molecule has 2 aromatic carbocycles. The SMILES string of the molecule is COC(=O)c1ccc(-c2cccc(C(F)(F)F)c2)nc1-c1cccc(C(F)(F)F)c1. The number of benzene rings is 2. The molecule has 1 heterocycles. The van der Waals surface area contributed by atoms with Gasteiger partial charge in [-0.05, 0) is 36.4 Å². The molecule has 0 aliphatic rings. The molecule has 30 heavy (non-hydrogen) atoms. The number of rotatable bonds is 3. The summed E-state index contributed by atoms with van der Waals surface area (Å²) in [4.78, 5) is 16.3. The largest absolute Gasteiger partial charge is 0.465 e. The Balaban J connectivity index is 2.19. The molecule has 0 saturated heterocycles. The molecule has 156 valence electrons. The minimum atomic E-state index is -4.62. The first-order valence-corrected chi connectivity index (χ1v) is 8.45. The van der Waals surface area contributed by atoms with Crippen LogP contribution in [-0.4, -0.2) is 18.1 Å². The van der Waals surface area contributed by atoms with Crippen molar-refractivity contribution in [1.29, 1.82) is 0 Å². The lowest BCUT2D eigenvalue weighted by molar-refractivity contribution is -0.138. The normalized spacial score (nSPS) is 12.0. The van der Waals surface area contributed by atoms with E-state index in [-0.39, 0.29) is 28.1 Å². The molecule has 9 heteroatoms. The first-order chi connectivity index (χ1) is 14.0. The highest BCUT2D eigenvalue weighted by molar-refractivity contribution is 5.96. The van der Waals surface area contributed by atoms with Crippen LogP contribution in [0.25, 0.3) is 22.5 Å². The summed E-state index contributed by atoms with van der Waals surface area (Å²) in [5, 5.41) is 0. The van der Waals surface area contributed by atoms with Crippen molar-refractivity contribution in [3.8, 4) is 22.5 Å². The predicted molar refractivity (Wildman–Crippen MR) is 96.5 cm³/mol. The van der Waals surface area contributed by atoms with E-state index in [1.54, 1.807) is 0 Å². The van der Waals surface area contributed by atoms with Gasteiger partial charge in [0.15, 0.2) is 0 Å². The monoisotopic (exact) mass is 425 g/mol. The first kappa shape index (κ1) is 21.4. The van der Waals surface area contributed by atoms with E-state index in [0.29, 0.717) is 0 Å². The van der Waals surface area contributed by atoms with E-state index in [2.05, 4.69) is 9.72 Å². The van der Waals surface area contributed by atoms with E-state index < -0.39 is 29.4 Å². The summed E-state index contributed by atoms with van der Waals surface area (Å²) in [6.45, 7) is 0. The van der Waals surface area contributed by atoms with Gasteiger partial charge in [-0.2, -0.15) is 26.3 Å². The van der Waals surface area contributed by atoms with Gasteiger partial charge in [-0.15, -0.1) is 0 Å². The predicted octanol–water partition coefficient (Wildman–Crippen LogP) is 6.24. The van der Waals surface area contributed by atoms with E-state index in [1.807, 2.05) is 0 Å². The lowest BCUT2D eigenvalue weighted by Gasteiger charge is -2.13. The maximum Gasteiger partial charge on any atom is 0.416 e. The van der Waals surface area contributed by atoms with Crippen molar-refractivity contribution in [2.24, 2.45) is 0 Å². The van der Waals surface area contributed by atoms with Gasteiger partial charge < -0.3 is 4.74 Å². The number of esters is 1. The lowest BCUT2D eigenvalue weighted by Crippen LogP contribution is -2.08. The number of carbonyl (C=O) groups is 1. The molecule has 0 spiro atoms. The van der Waals surface area contributed by atoms with Crippen molar-refractivity contribution in [3.05, 3.63) is 77.4 Å². The highest BCUT2D eigenvalue weighted by Crippen LogP contribution is 2.35. The van der Waals surface area contributed by atoms with E-state index >= 15 is 0 Å². The molecule has 0 atom stereocenters. The van der Waals surface area contributed by atoms with Gasteiger partial charge in [-0.3, -0.25) is 0 Å². The van der Waals surface area contributed by atoms with Crippen molar-refractivity contribution in [2.75, 3.05) is 7.11 Å². The van der Waals surface area contributed by atoms with Crippen LogP contribution in [0, 0.1) is 0 Å². The molecule has 0 fully saturated rings. The van der Waals surface area contributed by atoms with Crippen molar-refractivity contribution < 1.29 is 35.9 Å². The van der Waals surface area contributed by atoms with E-state index in [0.717, 1.165) is 37.4 Å². The minimum Gasteiger partial charge on any atom is -0.465 e. The molecular weight excluding hydrogens is 412 g/mol. The number of nitrogens with zero attached hydrogens (tertiary/aromatic N) is 1. The third-order valence-corrected chi connectivity index (χ3v) is 4.25. The third kappa shape index (κ3) is 4.45. The van der Waals surface area contributed by atoms with Crippen LogP contribution in [0.2, 0.25) is 0 Å². The van der Waals surface area contributed by atoms with Gasteiger partial charge in [0.05, 0.1) is 35.2 Å². The minimum absolute atomic E-state index is 0.0287. The zero-order chi connectivity index (χ0) is 22.1. The Hall–Kier alpha value is -3.36. The number of alkyl halides is 6. The van der Waals surface area contributed by atoms with Crippen molar-refractivity contribution in [2.45, 2.75) is 12.4 Å². The maximum absolute atomic E-state index is 13.1. The molecule has 0 saturated carbocycles. The number of hydrogen-bond donors (Lipinski definition) is 0. The van der Waals surface area contributed by atoms with Crippen molar-refractivity contribution >= 4 is 5.97 Å². The number of carbonyl (C=O) groups excluding carboxylic acids is 1. The molecule has 0 amide bonds. The molecule has 1 aromatic heterocycles. The van der Waals surface area contributed by atoms with Gasteiger partial charge >= 0.3 is 18.3 Å². The molecule has 3 nitrogen and oxygen atoms in total. The zero-order valence-electron chi connectivity index (χ0n) is 15.3. The Labute approximate surface area is 166 Å². The van der Waals surface area contributed by atoms with Gasteiger partial charge in [-0.25, -0.2) is 9.78 Å². The fraction of sp³-hybridized carbons (Fsp3) is 0.143.